The number of anilines is 1. The van der Waals surface area contributed by atoms with Gasteiger partial charge in [0, 0.05) is 18.8 Å². The third kappa shape index (κ3) is 4.17. The molecule has 0 unspecified atom stereocenters. The molecule has 26 heavy (non-hydrogen) atoms. The predicted molar refractivity (Wildman–Crippen MR) is 103 cm³/mol. The molecular formula is C21H26N2O3. The van der Waals surface area contributed by atoms with Gasteiger partial charge in [0.2, 0.25) is 5.91 Å². The number of hydrogen-bond donors (Lipinski definition) is 0. The summed E-state index contributed by atoms with van der Waals surface area (Å²) in [5.41, 5.74) is 3.19. The molecule has 0 aliphatic carbocycles. The number of fused-ring (bicyclic) bond motifs is 1. The lowest BCUT2D eigenvalue weighted by molar-refractivity contribution is -0.119. The lowest BCUT2D eigenvalue weighted by Gasteiger charge is -2.26. The highest BCUT2D eigenvalue weighted by molar-refractivity contribution is 5.95. The number of aryl methyl sites for hydroxylation is 1. The molecule has 1 aliphatic heterocycles. The molecule has 0 spiro atoms. The van der Waals surface area contributed by atoms with Crippen molar-refractivity contribution in [1.29, 1.82) is 0 Å². The van der Waals surface area contributed by atoms with Gasteiger partial charge in [0.1, 0.15) is 13.2 Å². The number of hydrogen-bond acceptors (Lipinski definition) is 4. The lowest BCUT2D eigenvalue weighted by atomic mass is 10.1. The van der Waals surface area contributed by atoms with E-state index < -0.39 is 0 Å². The van der Waals surface area contributed by atoms with Crippen LogP contribution in [-0.2, 0) is 11.3 Å². The molecule has 5 nitrogen and oxygen atoms in total. The van der Waals surface area contributed by atoms with Crippen molar-refractivity contribution in [3.63, 3.8) is 0 Å². The van der Waals surface area contributed by atoms with Gasteiger partial charge >= 0.3 is 0 Å². The van der Waals surface area contributed by atoms with Crippen LogP contribution in [0.4, 0.5) is 5.69 Å². The molecule has 0 radical (unpaired) electrons. The van der Waals surface area contributed by atoms with Crippen LogP contribution < -0.4 is 14.4 Å². The Balaban J connectivity index is 1.64. The minimum Gasteiger partial charge on any atom is -0.486 e. The fourth-order valence-corrected chi connectivity index (χ4v) is 3.22. The Morgan fingerprint density at radius 1 is 1.08 bits per heavy atom. The number of ether oxygens (including phenoxy) is 2. The molecule has 0 fully saturated rings. The lowest BCUT2D eigenvalue weighted by Crippen LogP contribution is -2.39. The smallest absolute Gasteiger partial charge is 0.241 e. The van der Waals surface area contributed by atoms with Gasteiger partial charge < -0.3 is 14.4 Å². The summed E-state index contributed by atoms with van der Waals surface area (Å²) >= 11 is 0. The van der Waals surface area contributed by atoms with Crippen molar-refractivity contribution in [2.75, 3.05) is 38.3 Å². The van der Waals surface area contributed by atoms with Crippen LogP contribution in [0.3, 0.4) is 0 Å². The number of para-hydroxylation sites is 1. The first-order valence-electron chi connectivity index (χ1n) is 9.01. The molecule has 0 aromatic heterocycles. The van der Waals surface area contributed by atoms with E-state index in [0.717, 1.165) is 28.3 Å². The summed E-state index contributed by atoms with van der Waals surface area (Å²) in [6.07, 6.45) is 0. The second-order valence-electron chi connectivity index (χ2n) is 6.57. The van der Waals surface area contributed by atoms with Gasteiger partial charge in [-0.05, 0) is 50.2 Å². The van der Waals surface area contributed by atoms with Crippen LogP contribution in [-0.4, -0.2) is 44.2 Å². The number of carbonyl (C=O) groups excluding carboxylic acids is 1. The second kappa shape index (κ2) is 8.23. The topological polar surface area (TPSA) is 42.0 Å². The minimum absolute atomic E-state index is 0.0989. The van der Waals surface area contributed by atoms with Gasteiger partial charge in [0.05, 0.1) is 6.54 Å². The van der Waals surface area contributed by atoms with Gasteiger partial charge in [-0.2, -0.15) is 0 Å². The minimum atomic E-state index is 0.0989. The van der Waals surface area contributed by atoms with E-state index in [1.165, 1.54) is 0 Å². The highest BCUT2D eigenvalue weighted by atomic mass is 16.6. The third-order valence-electron chi connectivity index (χ3n) is 4.49. The molecule has 0 bridgehead atoms. The van der Waals surface area contributed by atoms with E-state index in [1.807, 2.05) is 73.2 Å². The van der Waals surface area contributed by atoms with Crippen LogP contribution in [0.5, 0.6) is 11.5 Å². The van der Waals surface area contributed by atoms with E-state index in [9.17, 15) is 4.79 Å². The van der Waals surface area contributed by atoms with Gasteiger partial charge in [0.15, 0.2) is 11.5 Å². The van der Waals surface area contributed by atoms with Crippen LogP contribution in [0.2, 0.25) is 0 Å². The predicted octanol–water partition coefficient (Wildman–Crippen LogP) is 3.25. The number of carbonyl (C=O) groups is 1. The zero-order valence-corrected chi connectivity index (χ0v) is 15.7. The molecular weight excluding hydrogens is 328 g/mol. The van der Waals surface area contributed by atoms with Crippen LogP contribution in [0.1, 0.15) is 18.1 Å². The van der Waals surface area contributed by atoms with E-state index >= 15 is 0 Å². The molecule has 3 rings (SSSR count). The number of rotatable bonds is 6. The number of nitrogens with zero attached hydrogens (tertiary/aromatic N) is 2. The second-order valence-corrected chi connectivity index (χ2v) is 6.57. The molecule has 5 heteroatoms. The van der Waals surface area contributed by atoms with Gasteiger partial charge in [0.25, 0.3) is 0 Å². The average molecular weight is 354 g/mol. The average Bonchev–Trinajstić information content (AvgIpc) is 2.63. The molecule has 1 aliphatic rings. The van der Waals surface area contributed by atoms with Crippen molar-refractivity contribution in [3.05, 3.63) is 53.6 Å². The van der Waals surface area contributed by atoms with Crippen molar-refractivity contribution in [1.82, 2.24) is 4.90 Å². The molecule has 0 atom stereocenters. The van der Waals surface area contributed by atoms with E-state index in [-0.39, 0.29) is 5.91 Å². The van der Waals surface area contributed by atoms with Crippen molar-refractivity contribution in [3.8, 4) is 11.5 Å². The summed E-state index contributed by atoms with van der Waals surface area (Å²) in [6.45, 7) is 6.89. The Morgan fingerprint density at radius 3 is 2.54 bits per heavy atom. The van der Waals surface area contributed by atoms with Crippen molar-refractivity contribution in [2.45, 2.75) is 20.4 Å². The van der Waals surface area contributed by atoms with Crippen LogP contribution in [0.25, 0.3) is 0 Å². The first-order chi connectivity index (χ1) is 12.6. The van der Waals surface area contributed by atoms with Gasteiger partial charge in [-0.1, -0.05) is 24.3 Å². The largest absolute Gasteiger partial charge is 0.486 e. The van der Waals surface area contributed by atoms with Gasteiger partial charge in [-0.25, -0.2) is 0 Å². The molecule has 138 valence electrons. The Bertz CT molecular complexity index is 776. The summed E-state index contributed by atoms with van der Waals surface area (Å²) in [5, 5.41) is 0. The van der Waals surface area contributed by atoms with Crippen molar-refractivity contribution >= 4 is 11.6 Å². The van der Waals surface area contributed by atoms with Crippen molar-refractivity contribution in [2.24, 2.45) is 0 Å². The van der Waals surface area contributed by atoms with Gasteiger partial charge in [-0.3, -0.25) is 9.69 Å². The summed E-state index contributed by atoms with van der Waals surface area (Å²) in [6, 6.07) is 13.9. The number of benzene rings is 2. The molecule has 1 heterocycles. The molecule has 0 N–H and O–H groups in total. The summed E-state index contributed by atoms with van der Waals surface area (Å²) in [5.74, 6) is 1.67. The normalized spacial score (nSPS) is 12.9. The molecule has 2 aromatic carbocycles. The standard InChI is InChI=1S/C21H26N2O3/c1-4-23(18-8-6-5-7-16(18)2)21(24)15-22(3)14-17-9-10-19-20(13-17)26-12-11-25-19/h5-10,13H,4,11-12,14-15H2,1-3H3. The van der Waals surface area contributed by atoms with E-state index in [2.05, 4.69) is 0 Å². The number of likely N-dealkylation sites (N-methyl/N-ethyl adjacent to an activating group) is 2. The fourth-order valence-electron chi connectivity index (χ4n) is 3.22. The first kappa shape index (κ1) is 18.3. The molecule has 0 saturated heterocycles. The maximum Gasteiger partial charge on any atom is 0.241 e. The third-order valence-corrected chi connectivity index (χ3v) is 4.49. The Hall–Kier alpha value is -2.53. The fraction of sp³-hybridized carbons (Fsp3) is 0.381. The number of amides is 1. The Labute approximate surface area is 155 Å². The SMILES string of the molecule is CCN(C(=O)CN(C)Cc1ccc2c(c1)OCCO2)c1ccccc1C. The quantitative estimate of drug-likeness (QED) is 0.799. The Kier molecular flexibility index (Phi) is 5.78. The van der Waals surface area contributed by atoms with E-state index in [0.29, 0.717) is 32.8 Å². The maximum absolute atomic E-state index is 12.8. The van der Waals surface area contributed by atoms with Crippen LogP contribution >= 0.6 is 0 Å². The molecule has 2 aromatic rings. The maximum atomic E-state index is 12.8. The van der Waals surface area contributed by atoms with E-state index in [1.54, 1.807) is 0 Å². The summed E-state index contributed by atoms with van der Waals surface area (Å²) in [7, 11) is 1.96. The molecule has 1 amide bonds. The Morgan fingerprint density at radius 2 is 1.81 bits per heavy atom. The summed E-state index contributed by atoms with van der Waals surface area (Å²) in [4.78, 5) is 16.7. The highest BCUT2D eigenvalue weighted by Crippen LogP contribution is 2.31. The van der Waals surface area contributed by atoms with Crippen LogP contribution in [0.15, 0.2) is 42.5 Å². The highest BCUT2D eigenvalue weighted by Gasteiger charge is 2.18. The first-order valence-corrected chi connectivity index (χ1v) is 9.01. The zero-order valence-electron chi connectivity index (χ0n) is 15.7. The van der Waals surface area contributed by atoms with Crippen LogP contribution in [0, 0.1) is 6.92 Å². The van der Waals surface area contributed by atoms with Crippen molar-refractivity contribution < 1.29 is 14.3 Å². The van der Waals surface area contributed by atoms with E-state index in [4.69, 9.17) is 9.47 Å². The monoisotopic (exact) mass is 354 g/mol. The molecule has 0 saturated carbocycles. The summed E-state index contributed by atoms with van der Waals surface area (Å²) < 4.78 is 11.2. The zero-order chi connectivity index (χ0) is 18.5. The van der Waals surface area contributed by atoms with Gasteiger partial charge in [-0.15, -0.1) is 0 Å².